The number of amides is 1. The molecule has 1 heterocycles. The van der Waals surface area contributed by atoms with Gasteiger partial charge in [0.25, 0.3) is 5.91 Å². The lowest BCUT2D eigenvalue weighted by Crippen LogP contribution is -2.30. The number of hydrogen-bond acceptors (Lipinski definition) is 5. The Hall–Kier alpha value is -2.71. The highest BCUT2D eigenvalue weighted by atomic mass is 32.2. The lowest BCUT2D eigenvalue weighted by Gasteiger charge is -2.16. The van der Waals surface area contributed by atoms with E-state index in [0.717, 1.165) is 18.4 Å². The summed E-state index contributed by atoms with van der Waals surface area (Å²) in [6, 6.07) is 12.8. The first-order chi connectivity index (χ1) is 13.8. The molecular weight excluding hydrogens is 392 g/mol. The third-order valence-corrected chi connectivity index (χ3v) is 6.68. The molecule has 1 N–H and O–H groups in total. The molecule has 154 valence electrons. The van der Waals surface area contributed by atoms with E-state index in [0.29, 0.717) is 18.8 Å². The third-order valence-electron chi connectivity index (χ3n) is 4.76. The molecule has 0 unspecified atom stereocenters. The van der Waals surface area contributed by atoms with Crippen LogP contribution in [-0.4, -0.2) is 43.8 Å². The maximum absolute atomic E-state index is 12.5. The Kier molecular flexibility index (Phi) is 6.34. The highest BCUT2D eigenvalue weighted by Gasteiger charge is 2.27. The Balaban J connectivity index is 1.61. The van der Waals surface area contributed by atoms with E-state index in [1.165, 1.54) is 35.5 Å². The summed E-state index contributed by atoms with van der Waals surface area (Å²) in [5.41, 5.74) is 1.86. The number of nitrogens with one attached hydrogen (secondary N) is 1. The fraction of sp³-hybridized carbons (Fsp3) is 0.333. The molecule has 1 saturated heterocycles. The van der Waals surface area contributed by atoms with Crippen molar-refractivity contribution in [1.82, 2.24) is 4.31 Å². The molecule has 1 atom stereocenters. The van der Waals surface area contributed by atoms with E-state index < -0.39 is 28.0 Å². The molecule has 3 rings (SSSR count). The van der Waals surface area contributed by atoms with E-state index >= 15 is 0 Å². The Labute approximate surface area is 170 Å². The molecule has 8 heteroatoms. The Morgan fingerprint density at radius 2 is 1.59 bits per heavy atom. The summed E-state index contributed by atoms with van der Waals surface area (Å²) in [5.74, 6) is -1.14. The number of hydrogen-bond donors (Lipinski definition) is 1. The molecule has 29 heavy (non-hydrogen) atoms. The van der Waals surface area contributed by atoms with Crippen LogP contribution in [0.15, 0.2) is 53.4 Å². The van der Waals surface area contributed by atoms with Crippen LogP contribution >= 0.6 is 0 Å². The monoisotopic (exact) mass is 416 g/mol. The van der Waals surface area contributed by atoms with Crippen LogP contribution in [0.4, 0.5) is 5.69 Å². The molecule has 1 aliphatic rings. The number of nitrogens with zero attached hydrogens (tertiary/aromatic N) is 1. The summed E-state index contributed by atoms with van der Waals surface area (Å²) in [6.45, 7) is 4.45. The van der Waals surface area contributed by atoms with E-state index in [9.17, 15) is 18.0 Å². The van der Waals surface area contributed by atoms with Crippen molar-refractivity contribution in [2.24, 2.45) is 0 Å². The van der Waals surface area contributed by atoms with Gasteiger partial charge in [-0.3, -0.25) is 4.79 Å². The zero-order valence-corrected chi connectivity index (χ0v) is 17.2. The van der Waals surface area contributed by atoms with E-state index in [-0.39, 0.29) is 10.5 Å². The Morgan fingerprint density at radius 1 is 1.00 bits per heavy atom. The molecule has 1 aliphatic heterocycles. The van der Waals surface area contributed by atoms with Crippen LogP contribution in [0, 0.1) is 6.92 Å². The maximum Gasteiger partial charge on any atom is 0.338 e. The second kappa shape index (κ2) is 8.75. The predicted octanol–water partition coefficient (Wildman–Crippen LogP) is 2.96. The Morgan fingerprint density at radius 3 is 2.17 bits per heavy atom. The minimum absolute atomic E-state index is 0.140. The summed E-state index contributed by atoms with van der Waals surface area (Å²) in [4.78, 5) is 24.7. The number of esters is 1. The quantitative estimate of drug-likeness (QED) is 0.731. The lowest BCUT2D eigenvalue weighted by molar-refractivity contribution is -0.123. The first-order valence-corrected chi connectivity index (χ1v) is 10.9. The number of rotatable bonds is 6. The number of benzene rings is 2. The van der Waals surface area contributed by atoms with Gasteiger partial charge in [0.15, 0.2) is 6.10 Å². The van der Waals surface area contributed by atoms with Crippen LogP contribution in [0.25, 0.3) is 0 Å². The van der Waals surface area contributed by atoms with Gasteiger partial charge in [-0.25, -0.2) is 13.2 Å². The van der Waals surface area contributed by atoms with Crippen LogP contribution in [0.2, 0.25) is 0 Å². The largest absolute Gasteiger partial charge is 0.449 e. The minimum atomic E-state index is -3.54. The fourth-order valence-electron chi connectivity index (χ4n) is 3.00. The SMILES string of the molecule is Cc1ccc(NC(=O)[C@H](C)OC(=O)c2ccc(S(=O)(=O)N3CCCC3)cc2)cc1. The van der Waals surface area contributed by atoms with Crippen LogP contribution in [0.1, 0.15) is 35.7 Å². The first kappa shape index (κ1) is 21.0. The normalized spacial score (nSPS) is 15.7. The molecule has 2 aromatic rings. The molecule has 0 radical (unpaired) electrons. The second-order valence-electron chi connectivity index (χ2n) is 7.04. The van der Waals surface area contributed by atoms with Crippen molar-refractivity contribution < 1.29 is 22.7 Å². The molecule has 0 spiro atoms. The smallest absolute Gasteiger partial charge is 0.338 e. The van der Waals surface area contributed by atoms with Gasteiger partial charge in [0.2, 0.25) is 10.0 Å². The standard InChI is InChI=1S/C21H24N2O5S/c1-15-5-9-18(10-6-15)22-20(24)16(2)28-21(25)17-7-11-19(12-8-17)29(26,27)23-13-3-4-14-23/h5-12,16H,3-4,13-14H2,1-2H3,(H,22,24)/t16-/m0/s1. The maximum atomic E-state index is 12.5. The van der Waals surface area contributed by atoms with Crippen LogP contribution in [0.5, 0.6) is 0 Å². The Bertz CT molecular complexity index is 979. The molecule has 7 nitrogen and oxygen atoms in total. The van der Waals surface area contributed by atoms with Gasteiger partial charge in [-0.1, -0.05) is 17.7 Å². The average Bonchev–Trinajstić information content (AvgIpc) is 3.25. The number of carbonyl (C=O) groups is 2. The molecule has 0 saturated carbocycles. The summed E-state index contributed by atoms with van der Waals surface area (Å²) in [7, 11) is -3.54. The predicted molar refractivity (Wildman–Crippen MR) is 109 cm³/mol. The minimum Gasteiger partial charge on any atom is -0.449 e. The fourth-order valence-corrected chi connectivity index (χ4v) is 4.52. The van der Waals surface area contributed by atoms with Gasteiger partial charge < -0.3 is 10.1 Å². The summed E-state index contributed by atoms with van der Waals surface area (Å²) in [6.07, 6.45) is 0.704. The second-order valence-corrected chi connectivity index (χ2v) is 8.98. The van der Waals surface area contributed by atoms with E-state index in [1.54, 1.807) is 12.1 Å². The summed E-state index contributed by atoms with van der Waals surface area (Å²) < 4.78 is 31.7. The zero-order chi connectivity index (χ0) is 21.0. The number of carbonyl (C=O) groups excluding carboxylic acids is 2. The van der Waals surface area contributed by atoms with Crippen molar-refractivity contribution in [3.05, 3.63) is 59.7 Å². The topological polar surface area (TPSA) is 92.8 Å². The molecule has 0 bridgehead atoms. The van der Waals surface area contributed by atoms with Crippen molar-refractivity contribution in [2.45, 2.75) is 37.7 Å². The van der Waals surface area contributed by atoms with Gasteiger partial charge in [0.1, 0.15) is 0 Å². The van der Waals surface area contributed by atoms with Crippen LogP contribution in [-0.2, 0) is 19.6 Å². The van der Waals surface area contributed by atoms with Crippen molar-refractivity contribution in [2.75, 3.05) is 18.4 Å². The highest BCUT2D eigenvalue weighted by Crippen LogP contribution is 2.21. The summed E-state index contributed by atoms with van der Waals surface area (Å²) >= 11 is 0. The van der Waals surface area contributed by atoms with E-state index in [1.807, 2.05) is 19.1 Å². The van der Waals surface area contributed by atoms with E-state index in [4.69, 9.17) is 4.74 Å². The van der Waals surface area contributed by atoms with Gasteiger partial charge in [0, 0.05) is 18.8 Å². The molecular formula is C21H24N2O5S. The first-order valence-electron chi connectivity index (χ1n) is 9.46. The van der Waals surface area contributed by atoms with Gasteiger partial charge in [-0.05, 0) is 63.1 Å². The average molecular weight is 416 g/mol. The number of anilines is 1. The molecule has 0 aliphatic carbocycles. The third kappa shape index (κ3) is 5.02. The number of ether oxygens (including phenoxy) is 1. The number of sulfonamides is 1. The molecule has 2 aromatic carbocycles. The zero-order valence-electron chi connectivity index (χ0n) is 16.4. The van der Waals surface area contributed by atoms with Crippen molar-refractivity contribution in [1.29, 1.82) is 0 Å². The van der Waals surface area contributed by atoms with Crippen molar-refractivity contribution >= 4 is 27.6 Å². The molecule has 1 amide bonds. The number of aryl methyl sites for hydroxylation is 1. The van der Waals surface area contributed by atoms with Crippen molar-refractivity contribution in [3.63, 3.8) is 0 Å². The van der Waals surface area contributed by atoms with Crippen LogP contribution < -0.4 is 5.32 Å². The van der Waals surface area contributed by atoms with Crippen LogP contribution in [0.3, 0.4) is 0 Å². The highest BCUT2D eigenvalue weighted by molar-refractivity contribution is 7.89. The summed E-state index contributed by atoms with van der Waals surface area (Å²) in [5, 5.41) is 2.68. The van der Waals surface area contributed by atoms with Gasteiger partial charge in [-0.2, -0.15) is 4.31 Å². The van der Waals surface area contributed by atoms with Gasteiger partial charge in [0.05, 0.1) is 10.5 Å². The van der Waals surface area contributed by atoms with E-state index in [2.05, 4.69) is 5.32 Å². The molecule has 1 fully saturated rings. The molecule has 0 aromatic heterocycles. The van der Waals surface area contributed by atoms with Gasteiger partial charge in [-0.15, -0.1) is 0 Å². The lowest BCUT2D eigenvalue weighted by atomic mass is 10.2. The van der Waals surface area contributed by atoms with Gasteiger partial charge >= 0.3 is 5.97 Å². The van der Waals surface area contributed by atoms with Crippen molar-refractivity contribution in [3.8, 4) is 0 Å².